The molecule has 0 bridgehead atoms. The molecular weight excluding hydrogens is 208 g/mol. The predicted molar refractivity (Wildman–Crippen MR) is 65.3 cm³/mol. The second-order valence-electron chi connectivity index (χ2n) is 4.05. The third-order valence-corrected chi connectivity index (χ3v) is 3.26. The summed E-state index contributed by atoms with van der Waals surface area (Å²) >= 11 is 6.10. The summed E-state index contributed by atoms with van der Waals surface area (Å²) < 4.78 is 2.09. The minimum absolute atomic E-state index is 0.0503. The Hall–Kier alpha value is -0.990. The van der Waals surface area contributed by atoms with Crippen molar-refractivity contribution >= 4 is 22.5 Å². The third kappa shape index (κ3) is 1.54. The molecule has 3 heteroatoms. The van der Waals surface area contributed by atoms with E-state index >= 15 is 0 Å². The maximum Gasteiger partial charge on any atom is 0.0525 e. The van der Waals surface area contributed by atoms with Crippen LogP contribution in [0.4, 0.5) is 0 Å². The molecule has 0 amide bonds. The van der Waals surface area contributed by atoms with Gasteiger partial charge < -0.3 is 10.3 Å². The summed E-state index contributed by atoms with van der Waals surface area (Å²) in [7, 11) is 2.03. The number of rotatable bonds is 1. The van der Waals surface area contributed by atoms with Gasteiger partial charge in [0.25, 0.3) is 0 Å². The number of nitrogens with zero attached hydrogens (tertiary/aromatic N) is 1. The van der Waals surface area contributed by atoms with Crippen molar-refractivity contribution in [3.63, 3.8) is 0 Å². The molecule has 1 aromatic carbocycles. The minimum Gasteiger partial charge on any atom is -0.350 e. The molecule has 2 rings (SSSR count). The van der Waals surface area contributed by atoms with Gasteiger partial charge in [-0.15, -0.1) is 0 Å². The lowest BCUT2D eigenvalue weighted by atomic mass is 10.1. The molecule has 0 aliphatic carbocycles. The van der Waals surface area contributed by atoms with Gasteiger partial charge in [0, 0.05) is 29.7 Å². The van der Waals surface area contributed by atoms with Crippen LogP contribution >= 0.6 is 11.6 Å². The lowest BCUT2D eigenvalue weighted by Crippen LogP contribution is -2.03. The second kappa shape index (κ2) is 3.54. The SMILES string of the molecule is Cc1c(Cl)ccc2c(C(C)N)cn(C)c12. The van der Waals surface area contributed by atoms with Crippen LogP contribution in [0.25, 0.3) is 10.9 Å². The molecule has 2 nitrogen and oxygen atoms in total. The van der Waals surface area contributed by atoms with Crippen molar-refractivity contribution in [2.75, 3.05) is 0 Å². The first-order valence-electron chi connectivity index (χ1n) is 5.02. The van der Waals surface area contributed by atoms with Crippen LogP contribution in [0, 0.1) is 6.92 Å². The van der Waals surface area contributed by atoms with Crippen LogP contribution < -0.4 is 5.73 Å². The molecule has 1 aromatic heterocycles. The predicted octanol–water partition coefficient (Wildman–Crippen LogP) is 3.16. The molecule has 0 spiro atoms. The van der Waals surface area contributed by atoms with Crippen molar-refractivity contribution in [1.82, 2.24) is 4.57 Å². The molecule has 0 aliphatic rings. The molecule has 0 radical (unpaired) electrons. The van der Waals surface area contributed by atoms with Gasteiger partial charge in [0.15, 0.2) is 0 Å². The van der Waals surface area contributed by atoms with E-state index in [9.17, 15) is 0 Å². The first-order valence-corrected chi connectivity index (χ1v) is 5.39. The number of nitrogens with two attached hydrogens (primary N) is 1. The first kappa shape index (κ1) is 10.5. The number of hydrogen-bond acceptors (Lipinski definition) is 1. The summed E-state index contributed by atoms with van der Waals surface area (Å²) in [6.07, 6.45) is 2.08. The molecule has 15 heavy (non-hydrogen) atoms. The molecule has 0 aliphatic heterocycles. The highest BCUT2D eigenvalue weighted by Gasteiger charge is 2.12. The monoisotopic (exact) mass is 222 g/mol. The maximum atomic E-state index is 6.10. The van der Waals surface area contributed by atoms with Crippen LogP contribution in [-0.4, -0.2) is 4.57 Å². The normalized spacial score (nSPS) is 13.4. The van der Waals surface area contributed by atoms with E-state index < -0.39 is 0 Å². The van der Waals surface area contributed by atoms with E-state index in [-0.39, 0.29) is 6.04 Å². The molecule has 1 heterocycles. The zero-order valence-corrected chi connectivity index (χ0v) is 9.97. The standard InChI is InChI=1S/C12H15ClN2/c1-7-11(13)5-4-9-10(8(2)14)6-15(3)12(7)9/h4-6,8H,14H2,1-3H3. The summed E-state index contributed by atoms with van der Waals surface area (Å²) in [6, 6.07) is 4.03. The minimum atomic E-state index is 0.0503. The highest BCUT2D eigenvalue weighted by Crippen LogP contribution is 2.30. The molecule has 80 valence electrons. The number of aromatic nitrogens is 1. The van der Waals surface area contributed by atoms with Gasteiger partial charge in [0.05, 0.1) is 5.52 Å². The number of halogens is 1. The Labute approximate surface area is 94.6 Å². The zero-order chi connectivity index (χ0) is 11.2. The first-order chi connectivity index (χ1) is 7.02. The number of benzene rings is 1. The summed E-state index contributed by atoms with van der Waals surface area (Å²) in [5, 5.41) is 2.01. The summed E-state index contributed by atoms with van der Waals surface area (Å²) in [4.78, 5) is 0. The molecule has 2 N–H and O–H groups in total. The van der Waals surface area contributed by atoms with Crippen LogP contribution in [0.2, 0.25) is 5.02 Å². The Balaban J connectivity index is 2.86. The number of aryl methyl sites for hydroxylation is 2. The van der Waals surface area contributed by atoms with E-state index in [1.807, 2.05) is 33.0 Å². The molecule has 1 atom stereocenters. The van der Waals surface area contributed by atoms with E-state index in [0.29, 0.717) is 0 Å². The van der Waals surface area contributed by atoms with Crippen molar-refractivity contribution in [3.05, 3.63) is 34.5 Å². The lowest BCUT2D eigenvalue weighted by molar-refractivity contribution is 0.815. The van der Waals surface area contributed by atoms with E-state index in [2.05, 4.69) is 10.8 Å². The Morgan fingerprint density at radius 2 is 2.07 bits per heavy atom. The van der Waals surface area contributed by atoms with Crippen molar-refractivity contribution in [1.29, 1.82) is 0 Å². The van der Waals surface area contributed by atoms with Crippen LogP contribution in [0.5, 0.6) is 0 Å². The topological polar surface area (TPSA) is 30.9 Å². The Kier molecular flexibility index (Phi) is 2.49. The quantitative estimate of drug-likeness (QED) is 0.790. The average Bonchev–Trinajstić information content (AvgIpc) is 2.50. The van der Waals surface area contributed by atoms with Crippen molar-refractivity contribution in [3.8, 4) is 0 Å². The fraction of sp³-hybridized carbons (Fsp3) is 0.333. The Morgan fingerprint density at radius 1 is 1.40 bits per heavy atom. The smallest absolute Gasteiger partial charge is 0.0525 e. The van der Waals surface area contributed by atoms with Crippen molar-refractivity contribution in [2.45, 2.75) is 19.9 Å². The Morgan fingerprint density at radius 3 is 2.67 bits per heavy atom. The van der Waals surface area contributed by atoms with Crippen LogP contribution in [0.3, 0.4) is 0 Å². The van der Waals surface area contributed by atoms with Crippen LogP contribution in [0.1, 0.15) is 24.1 Å². The second-order valence-corrected chi connectivity index (χ2v) is 4.46. The fourth-order valence-corrected chi connectivity index (χ4v) is 2.22. The number of hydrogen-bond donors (Lipinski definition) is 1. The van der Waals surface area contributed by atoms with Gasteiger partial charge in [-0.1, -0.05) is 17.7 Å². The highest BCUT2D eigenvalue weighted by atomic mass is 35.5. The molecule has 0 saturated carbocycles. The van der Waals surface area contributed by atoms with Gasteiger partial charge in [-0.25, -0.2) is 0 Å². The van der Waals surface area contributed by atoms with Gasteiger partial charge in [0.2, 0.25) is 0 Å². The van der Waals surface area contributed by atoms with Crippen molar-refractivity contribution in [2.24, 2.45) is 12.8 Å². The third-order valence-electron chi connectivity index (χ3n) is 2.85. The Bertz CT molecular complexity index is 512. The molecular formula is C12H15ClN2. The summed E-state index contributed by atoms with van der Waals surface area (Å²) in [5.41, 5.74) is 9.40. The molecule has 1 unspecified atom stereocenters. The maximum absolute atomic E-state index is 6.10. The molecule has 0 saturated heterocycles. The molecule has 0 fully saturated rings. The van der Waals surface area contributed by atoms with Gasteiger partial charge in [-0.3, -0.25) is 0 Å². The average molecular weight is 223 g/mol. The van der Waals surface area contributed by atoms with Crippen LogP contribution in [-0.2, 0) is 7.05 Å². The van der Waals surface area contributed by atoms with E-state index in [4.69, 9.17) is 17.3 Å². The fourth-order valence-electron chi connectivity index (χ4n) is 2.07. The van der Waals surface area contributed by atoms with E-state index in [1.54, 1.807) is 0 Å². The van der Waals surface area contributed by atoms with E-state index in [0.717, 1.165) is 10.6 Å². The van der Waals surface area contributed by atoms with Gasteiger partial charge in [-0.2, -0.15) is 0 Å². The largest absolute Gasteiger partial charge is 0.350 e. The summed E-state index contributed by atoms with van der Waals surface area (Å²) in [5.74, 6) is 0. The zero-order valence-electron chi connectivity index (χ0n) is 9.21. The van der Waals surface area contributed by atoms with Crippen molar-refractivity contribution < 1.29 is 0 Å². The number of fused-ring (bicyclic) bond motifs is 1. The van der Waals surface area contributed by atoms with Gasteiger partial charge >= 0.3 is 0 Å². The van der Waals surface area contributed by atoms with Crippen LogP contribution in [0.15, 0.2) is 18.3 Å². The lowest BCUT2D eigenvalue weighted by Gasteiger charge is -2.04. The van der Waals surface area contributed by atoms with E-state index in [1.165, 1.54) is 16.5 Å². The highest BCUT2D eigenvalue weighted by molar-refractivity contribution is 6.32. The van der Waals surface area contributed by atoms with Gasteiger partial charge in [0.1, 0.15) is 0 Å². The molecule has 2 aromatic rings. The van der Waals surface area contributed by atoms with Gasteiger partial charge in [-0.05, 0) is 31.0 Å². The summed E-state index contributed by atoms with van der Waals surface area (Å²) in [6.45, 7) is 4.04.